The first-order valence-corrected chi connectivity index (χ1v) is 6.99. The lowest BCUT2D eigenvalue weighted by Gasteiger charge is -2.07. The fourth-order valence-corrected chi connectivity index (χ4v) is 2.10. The van der Waals surface area contributed by atoms with Crippen LogP contribution in [-0.2, 0) is 11.2 Å². The second-order valence-corrected chi connectivity index (χ2v) is 5.10. The molecule has 0 aliphatic heterocycles. The number of carbonyl (C=O) groups is 1. The Balaban J connectivity index is 1.82. The van der Waals surface area contributed by atoms with E-state index in [-0.39, 0.29) is 5.91 Å². The van der Waals surface area contributed by atoms with Gasteiger partial charge >= 0.3 is 0 Å². The highest BCUT2D eigenvalue weighted by Crippen LogP contribution is 2.20. The van der Waals surface area contributed by atoms with Gasteiger partial charge in [-0.1, -0.05) is 41.9 Å². The van der Waals surface area contributed by atoms with Crippen molar-refractivity contribution < 1.29 is 4.79 Å². The summed E-state index contributed by atoms with van der Waals surface area (Å²) in [5.74, 6) is -0.0322. The van der Waals surface area contributed by atoms with E-state index >= 15 is 0 Å². The SMILES string of the molecule is Cc1cnc(Cl)c(NC(=O)CCCc2ccccc2)c1. The van der Waals surface area contributed by atoms with Gasteiger partial charge in [0.2, 0.25) is 5.91 Å². The normalized spacial score (nSPS) is 10.3. The number of hydrogen-bond acceptors (Lipinski definition) is 2. The van der Waals surface area contributed by atoms with Crippen molar-refractivity contribution >= 4 is 23.2 Å². The minimum atomic E-state index is -0.0322. The van der Waals surface area contributed by atoms with Crippen LogP contribution in [0.3, 0.4) is 0 Å². The first kappa shape index (κ1) is 14.5. The zero-order valence-corrected chi connectivity index (χ0v) is 12.2. The number of benzene rings is 1. The largest absolute Gasteiger partial charge is 0.323 e. The molecule has 0 spiro atoms. The molecular formula is C16H17ClN2O. The van der Waals surface area contributed by atoms with Crippen LogP contribution in [0.5, 0.6) is 0 Å². The number of aryl methyl sites for hydroxylation is 2. The van der Waals surface area contributed by atoms with E-state index in [4.69, 9.17) is 11.6 Å². The Hall–Kier alpha value is -1.87. The van der Waals surface area contributed by atoms with Crippen molar-refractivity contribution in [2.75, 3.05) is 5.32 Å². The lowest BCUT2D eigenvalue weighted by Crippen LogP contribution is -2.12. The standard InChI is InChI=1S/C16H17ClN2O/c1-12-10-14(16(17)18-11-12)19-15(20)9-5-8-13-6-3-2-4-7-13/h2-4,6-7,10-11H,5,8-9H2,1H3,(H,19,20). The molecule has 0 bridgehead atoms. The van der Waals surface area contributed by atoms with E-state index in [1.54, 1.807) is 6.20 Å². The summed E-state index contributed by atoms with van der Waals surface area (Å²) in [4.78, 5) is 15.9. The van der Waals surface area contributed by atoms with E-state index in [1.807, 2.05) is 31.2 Å². The van der Waals surface area contributed by atoms with Gasteiger partial charge in [-0.25, -0.2) is 4.98 Å². The van der Waals surface area contributed by atoms with Gasteiger partial charge in [-0.3, -0.25) is 4.79 Å². The molecule has 0 unspecified atom stereocenters. The molecule has 1 amide bonds. The Morgan fingerprint density at radius 2 is 2.05 bits per heavy atom. The predicted octanol–water partition coefficient (Wildman–Crippen LogP) is 4.00. The van der Waals surface area contributed by atoms with Crippen LogP contribution in [0.4, 0.5) is 5.69 Å². The van der Waals surface area contributed by atoms with Gasteiger partial charge in [-0.2, -0.15) is 0 Å². The first-order valence-electron chi connectivity index (χ1n) is 6.61. The van der Waals surface area contributed by atoms with Crippen LogP contribution in [0, 0.1) is 6.92 Å². The number of amides is 1. The second-order valence-electron chi connectivity index (χ2n) is 4.74. The Kier molecular flexibility index (Phi) is 5.13. The number of carbonyl (C=O) groups excluding carboxylic acids is 1. The van der Waals surface area contributed by atoms with Crippen molar-refractivity contribution in [3.05, 3.63) is 58.9 Å². The molecule has 1 aromatic carbocycles. The summed E-state index contributed by atoms with van der Waals surface area (Å²) in [6.45, 7) is 1.91. The minimum absolute atomic E-state index is 0.0322. The average molecular weight is 289 g/mol. The van der Waals surface area contributed by atoms with Crippen LogP contribution in [0.15, 0.2) is 42.6 Å². The smallest absolute Gasteiger partial charge is 0.224 e. The summed E-state index contributed by atoms with van der Waals surface area (Å²) in [5.41, 5.74) is 2.79. The topological polar surface area (TPSA) is 42.0 Å². The third-order valence-electron chi connectivity index (χ3n) is 2.96. The lowest BCUT2D eigenvalue weighted by atomic mass is 10.1. The van der Waals surface area contributed by atoms with Crippen LogP contribution < -0.4 is 5.32 Å². The van der Waals surface area contributed by atoms with E-state index in [0.29, 0.717) is 17.3 Å². The number of pyridine rings is 1. The molecule has 1 heterocycles. The maximum atomic E-state index is 11.9. The van der Waals surface area contributed by atoms with Crippen molar-refractivity contribution in [3.63, 3.8) is 0 Å². The zero-order valence-electron chi connectivity index (χ0n) is 11.4. The number of rotatable bonds is 5. The summed E-state index contributed by atoms with van der Waals surface area (Å²) in [5, 5.41) is 3.13. The number of hydrogen-bond donors (Lipinski definition) is 1. The molecule has 1 aromatic heterocycles. The maximum Gasteiger partial charge on any atom is 0.224 e. The van der Waals surface area contributed by atoms with Gasteiger partial charge in [0, 0.05) is 12.6 Å². The van der Waals surface area contributed by atoms with Gasteiger partial charge < -0.3 is 5.32 Å². The molecule has 2 rings (SSSR count). The van der Waals surface area contributed by atoms with E-state index < -0.39 is 0 Å². The highest BCUT2D eigenvalue weighted by molar-refractivity contribution is 6.32. The van der Waals surface area contributed by atoms with Gasteiger partial charge in [-0.05, 0) is 37.0 Å². The summed E-state index contributed by atoms with van der Waals surface area (Å²) in [6.07, 6.45) is 3.85. The molecule has 0 aliphatic rings. The zero-order chi connectivity index (χ0) is 14.4. The summed E-state index contributed by atoms with van der Waals surface area (Å²) in [7, 11) is 0. The van der Waals surface area contributed by atoms with E-state index in [2.05, 4.69) is 22.4 Å². The molecule has 1 N–H and O–H groups in total. The molecule has 0 atom stereocenters. The van der Waals surface area contributed by atoms with Crippen molar-refractivity contribution in [2.45, 2.75) is 26.2 Å². The van der Waals surface area contributed by atoms with Crippen LogP contribution >= 0.6 is 11.6 Å². The van der Waals surface area contributed by atoms with Crippen molar-refractivity contribution in [3.8, 4) is 0 Å². The Morgan fingerprint density at radius 1 is 1.30 bits per heavy atom. The monoisotopic (exact) mass is 288 g/mol. The summed E-state index contributed by atoms with van der Waals surface area (Å²) >= 11 is 5.94. The molecule has 0 saturated heterocycles. The molecule has 20 heavy (non-hydrogen) atoms. The Labute approximate surface area is 124 Å². The first-order chi connectivity index (χ1) is 9.65. The maximum absolute atomic E-state index is 11.9. The van der Waals surface area contributed by atoms with Crippen LogP contribution in [-0.4, -0.2) is 10.9 Å². The molecule has 0 radical (unpaired) electrons. The molecule has 3 nitrogen and oxygen atoms in total. The summed E-state index contributed by atoms with van der Waals surface area (Å²) < 4.78 is 0. The Morgan fingerprint density at radius 3 is 2.80 bits per heavy atom. The van der Waals surface area contributed by atoms with Crippen molar-refractivity contribution in [1.82, 2.24) is 4.98 Å². The van der Waals surface area contributed by atoms with Crippen LogP contribution in [0.25, 0.3) is 0 Å². The van der Waals surface area contributed by atoms with Crippen molar-refractivity contribution in [1.29, 1.82) is 0 Å². The average Bonchev–Trinajstić information content (AvgIpc) is 2.44. The highest BCUT2D eigenvalue weighted by atomic mass is 35.5. The van der Waals surface area contributed by atoms with Crippen LogP contribution in [0.2, 0.25) is 5.15 Å². The number of nitrogens with zero attached hydrogens (tertiary/aromatic N) is 1. The van der Waals surface area contributed by atoms with Gasteiger partial charge in [0.05, 0.1) is 5.69 Å². The quantitative estimate of drug-likeness (QED) is 0.845. The molecular weight excluding hydrogens is 272 g/mol. The van der Waals surface area contributed by atoms with Crippen LogP contribution in [0.1, 0.15) is 24.0 Å². The molecule has 104 valence electrons. The van der Waals surface area contributed by atoms with E-state index in [9.17, 15) is 4.79 Å². The third-order valence-corrected chi connectivity index (χ3v) is 3.26. The lowest BCUT2D eigenvalue weighted by molar-refractivity contribution is -0.116. The molecule has 0 fully saturated rings. The number of halogens is 1. The van der Waals surface area contributed by atoms with Gasteiger partial charge in [0.15, 0.2) is 5.15 Å². The third kappa shape index (κ3) is 4.35. The fraction of sp³-hybridized carbons (Fsp3) is 0.250. The van der Waals surface area contributed by atoms with E-state index in [1.165, 1.54) is 5.56 Å². The predicted molar refractivity (Wildman–Crippen MR) is 82.0 cm³/mol. The second kappa shape index (κ2) is 7.06. The van der Waals surface area contributed by atoms with Gasteiger partial charge in [-0.15, -0.1) is 0 Å². The molecule has 2 aromatic rings. The van der Waals surface area contributed by atoms with Crippen molar-refractivity contribution in [2.24, 2.45) is 0 Å². The van der Waals surface area contributed by atoms with Gasteiger partial charge in [0.25, 0.3) is 0 Å². The Bertz CT molecular complexity index is 584. The number of aromatic nitrogens is 1. The minimum Gasteiger partial charge on any atom is -0.323 e. The fourth-order valence-electron chi connectivity index (χ4n) is 1.95. The molecule has 0 aliphatic carbocycles. The highest BCUT2D eigenvalue weighted by Gasteiger charge is 2.07. The van der Waals surface area contributed by atoms with Gasteiger partial charge in [0.1, 0.15) is 0 Å². The number of nitrogens with one attached hydrogen (secondary N) is 1. The van der Waals surface area contributed by atoms with E-state index in [0.717, 1.165) is 18.4 Å². The number of anilines is 1. The molecule has 0 saturated carbocycles. The molecule has 4 heteroatoms. The summed E-state index contributed by atoms with van der Waals surface area (Å²) in [6, 6.07) is 12.0.